The molecule has 1 saturated carbocycles. The van der Waals surface area contributed by atoms with Gasteiger partial charge in [0.2, 0.25) is 11.8 Å². The number of halogens is 3. The zero-order valence-corrected chi connectivity index (χ0v) is 29.1. The van der Waals surface area contributed by atoms with Crippen LogP contribution >= 0.6 is 34.8 Å². The SMILES string of the molecule is CC[C@@H](C(=O)NC1CCCC1)N(Cc1c(Cl)cccc1Cl)C(=O)CN(c1cc(Cl)ccc1OC)S(=O)(=O)c1ccc(C)c([N+](=O)[O-])c1. The molecular weight excluding hydrogens is 691 g/mol. The number of carbonyl (C=O) groups excluding carboxylic acids is 2. The molecule has 0 aliphatic heterocycles. The standard InChI is InChI=1S/C32H35Cl3N4O7S/c1-4-27(32(41)36-22-8-5-6-9-22)37(18-24-25(34)10-7-11-26(24)35)31(40)19-38(29-16-21(33)13-15-30(29)46-3)47(44,45)23-14-12-20(2)28(17-23)39(42)43/h7,10-17,22,27H,4-6,8-9,18-19H2,1-3H3,(H,36,41)/t27-/m0/s1. The topological polar surface area (TPSA) is 139 Å². The number of hydrogen-bond acceptors (Lipinski definition) is 7. The summed E-state index contributed by atoms with van der Waals surface area (Å²) in [6, 6.07) is 11.5. The van der Waals surface area contributed by atoms with Gasteiger partial charge in [-0.3, -0.25) is 24.0 Å². The molecule has 2 amide bonds. The summed E-state index contributed by atoms with van der Waals surface area (Å²) in [5, 5.41) is 15.4. The van der Waals surface area contributed by atoms with Gasteiger partial charge in [0.15, 0.2) is 0 Å². The fourth-order valence-corrected chi connectivity index (χ4v) is 7.71. The van der Waals surface area contributed by atoms with Crippen LogP contribution in [0.1, 0.15) is 50.2 Å². The number of nitro benzene ring substituents is 1. The van der Waals surface area contributed by atoms with E-state index in [-0.39, 0.29) is 57.0 Å². The molecule has 3 aromatic rings. The molecule has 0 bridgehead atoms. The van der Waals surface area contributed by atoms with Crippen LogP contribution in [0.15, 0.2) is 59.5 Å². The van der Waals surface area contributed by atoms with E-state index in [4.69, 9.17) is 39.5 Å². The first kappa shape index (κ1) is 36.3. The molecule has 0 heterocycles. The van der Waals surface area contributed by atoms with E-state index in [1.54, 1.807) is 25.1 Å². The minimum Gasteiger partial charge on any atom is -0.495 e. The molecule has 3 aromatic carbocycles. The van der Waals surface area contributed by atoms with Crippen molar-refractivity contribution in [3.8, 4) is 5.75 Å². The van der Waals surface area contributed by atoms with E-state index in [1.165, 1.54) is 49.3 Å². The van der Waals surface area contributed by atoms with Crippen molar-refractivity contribution in [2.75, 3.05) is 18.0 Å². The van der Waals surface area contributed by atoms with Gasteiger partial charge in [0, 0.05) is 44.8 Å². The third kappa shape index (κ3) is 8.29. The Bertz CT molecular complexity index is 1750. The molecule has 1 atom stereocenters. The number of aryl methyl sites for hydroxylation is 1. The Labute approximate surface area is 288 Å². The van der Waals surface area contributed by atoms with Crippen LogP contribution in [0.5, 0.6) is 5.75 Å². The summed E-state index contributed by atoms with van der Waals surface area (Å²) in [6.45, 7) is 2.20. The quantitative estimate of drug-likeness (QED) is 0.149. The van der Waals surface area contributed by atoms with E-state index < -0.39 is 44.0 Å². The fraction of sp³-hybridized carbons (Fsp3) is 0.375. The van der Waals surface area contributed by atoms with Gasteiger partial charge < -0.3 is 15.0 Å². The molecular formula is C32H35Cl3N4O7S. The predicted molar refractivity (Wildman–Crippen MR) is 182 cm³/mol. The fourth-order valence-electron chi connectivity index (χ4n) is 5.59. The lowest BCUT2D eigenvalue weighted by Crippen LogP contribution is -2.53. The van der Waals surface area contributed by atoms with E-state index in [9.17, 15) is 28.1 Å². The number of methoxy groups -OCH3 is 1. The molecule has 15 heteroatoms. The number of nitro groups is 1. The number of ether oxygens (including phenoxy) is 1. The number of anilines is 1. The lowest BCUT2D eigenvalue weighted by atomic mass is 10.1. The Balaban J connectivity index is 1.84. The zero-order valence-electron chi connectivity index (χ0n) is 26.0. The Morgan fingerprint density at radius 2 is 1.72 bits per heavy atom. The maximum absolute atomic E-state index is 14.5. The normalized spacial score (nSPS) is 14.0. The summed E-state index contributed by atoms with van der Waals surface area (Å²) >= 11 is 19.3. The number of nitrogens with zero attached hydrogens (tertiary/aromatic N) is 3. The second-order valence-corrected chi connectivity index (χ2v) is 14.3. The van der Waals surface area contributed by atoms with Crippen LogP contribution in [0.3, 0.4) is 0 Å². The predicted octanol–water partition coefficient (Wildman–Crippen LogP) is 6.93. The lowest BCUT2D eigenvalue weighted by Gasteiger charge is -2.34. The van der Waals surface area contributed by atoms with Crippen LogP contribution in [0.4, 0.5) is 11.4 Å². The highest BCUT2D eigenvalue weighted by molar-refractivity contribution is 7.92. The molecule has 0 aromatic heterocycles. The van der Waals surface area contributed by atoms with E-state index in [0.29, 0.717) is 5.56 Å². The van der Waals surface area contributed by atoms with Crippen LogP contribution in [0.2, 0.25) is 15.1 Å². The second-order valence-electron chi connectivity index (χ2n) is 11.2. The van der Waals surface area contributed by atoms with E-state index in [2.05, 4.69) is 5.32 Å². The van der Waals surface area contributed by atoms with Crippen LogP contribution in [0, 0.1) is 17.0 Å². The van der Waals surface area contributed by atoms with Gasteiger partial charge in [-0.1, -0.05) is 66.7 Å². The smallest absolute Gasteiger partial charge is 0.273 e. The van der Waals surface area contributed by atoms with Crippen molar-refractivity contribution in [1.82, 2.24) is 10.2 Å². The first-order chi connectivity index (χ1) is 22.3. The van der Waals surface area contributed by atoms with Gasteiger partial charge in [0.25, 0.3) is 15.7 Å². The van der Waals surface area contributed by atoms with Crippen LogP contribution < -0.4 is 14.4 Å². The Hall–Kier alpha value is -3.58. The number of nitrogens with one attached hydrogen (secondary N) is 1. The molecule has 4 rings (SSSR count). The Morgan fingerprint density at radius 3 is 2.32 bits per heavy atom. The van der Waals surface area contributed by atoms with Crippen molar-refractivity contribution < 1.29 is 27.7 Å². The molecule has 1 aliphatic carbocycles. The molecule has 47 heavy (non-hydrogen) atoms. The van der Waals surface area contributed by atoms with Crippen LogP contribution in [-0.4, -0.2) is 55.8 Å². The summed E-state index contributed by atoms with van der Waals surface area (Å²) in [5.41, 5.74) is 0.120. The summed E-state index contributed by atoms with van der Waals surface area (Å²) in [7, 11) is -3.35. The number of benzene rings is 3. The van der Waals surface area contributed by atoms with Gasteiger partial charge in [-0.05, 0) is 62.6 Å². The van der Waals surface area contributed by atoms with Crippen molar-refractivity contribution in [3.63, 3.8) is 0 Å². The average Bonchev–Trinajstić information content (AvgIpc) is 3.54. The van der Waals surface area contributed by atoms with Crippen LogP contribution in [0.25, 0.3) is 0 Å². The van der Waals surface area contributed by atoms with Gasteiger partial charge in [-0.15, -0.1) is 0 Å². The average molecular weight is 726 g/mol. The number of hydrogen-bond donors (Lipinski definition) is 1. The Kier molecular flexibility index (Phi) is 12.0. The molecule has 1 N–H and O–H groups in total. The van der Waals surface area contributed by atoms with Crippen molar-refractivity contribution in [3.05, 3.63) is 90.9 Å². The third-order valence-corrected chi connectivity index (χ3v) is 10.8. The molecule has 0 unspecified atom stereocenters. The van der Waals surface area contributed by atoms with Crippen LogP contribution in [-0.2, 0) is 26.2 Å². The first-order valence-corrected chi connectivity index (χ1v) is 17.5. The summed E-state index contributed by atoms with van der Waals surface area (Å²) in [6.07, 6.45) is 3.78. The number of carbonyl (C=O) groups is 2. The van der Waals surface area contributed by atoms with E-state index in [0.717, 1.165) is 36.1 Å². The molecule has 252 valence electrons. The van der Waals surface area contributed by atoms with Gasteiger partial charge in [-0.25, -0.2) is 8.42 Å². The van der Waals surface area contributed by atoms with Crippen molar-refractivity contribution in [2.45, 2.75) is 69.5 Å². The third-order valence-electron chi connectivity index (χ3n) is 8.13. The van der Waals surface area contributed by atoms with Gasteiger partial charge >= 0.3 is 0 Å². The molecule has 0 spiro atoms. The van der Waals surface area contributed by atoms with Gasteiger partial charge in [-0.2, -0.15) is 0 Å². The second kappa shape index (κ2) is 15.5. The zero-order chi connectivity index (χ0) is 34.5. The highest BCUT2D eigenvalue weighted by Gasteiger charge is 2.36. The van der Waals surface area contributed by atoms with E-state index in [1.807, 2.05) is 0 Å². The number of rotatable bonds is 13. The maximum Gasteiger partial charge on any atom is 0.273 e. The first-order valence-electron chi connectivity index (χ1n) is 14.9. The molecule has 0 radical (unpaired) electrons. The number of sulfonamides is 1. The molecule has 1 fully saturated rings. The molecule has 11 nitrogen and oxygen atoms in total. The van der Waals surface area contributed by atoms with Crippen molar-refractivity contribution in [1.29, 1.82) is 0 Å². The lowest BCUT2D eigenvalue weighted by molar-refractivity contribution is -0.385. The van der Waals surface area contributed by atoms with E-state index >= 15 is 0 Å². The highest BCUT2D eigenvalue weighted by Crippen LogP contribution is 2.36. The number of amides is 2. The minimum absolute atomic E-state index is 0.0395. The minimum atomic E-state index is -4.68. The molecule has 0 saturated heterocycles. The monoisotopic (exact) mass is 724 g/mol. The summed E-state index contributed by atoms with van der Waals surface area (Å²) < 4.78 is 34.9. The van der Waals surface area contributed by atoms with Gasteiger partial charge in [0.05, 0.1) is 22.6 Å². The Morgan fingerprint density at radius 1 is 1.06 bits per heavy atom. The van der Waals surface area contributed by atoms with Crippen molar-refractivity contribution >= 4 is 68.0 Å². The highest BCUT2D eigenvalue weighted by atomic mass is 35.5. The van der Waals surface area contributed by atoms with Crippen molar-refractivity contribution in [2.24, 2.45) is 0 Å². The van der Waals surface area contributed by atoms with Gasteiger partial charge in [0.1, 0.15) is 18.3 Å². The summed E-state index contributed by atoms with van der Waals surface area (Å²) in [5.74, 6) is -1.08. The molecule has 1 aliphatic rings. The summed E-state index contributed by atoms with van der Waals surface area (Å²) in [4.78, 5) is 40.0. The maximum atomic E-state index is 14.5. The largest absolute Gasteiger partial charge is 0.495 e.